The average molecular weight is 413 g/mol. The molecule has 156 valence electrons. The lowest BCUT2D eigenvalue weighted by molar-refractivity contribution is 0.655. The summed E-state index contributed by atoms with van der Waals surface area (Å²) < 4.78 is 4.41. The Morgan fingerprint density at radius 3 is 2.42 bits per heavy atom. The third-order valence-corrected chi connectivity index (χ3v) is 5.51. The molecule has 2 aromatic carbocycles. The van der Waals surface area contributed by atoms with Crippen LogP contribution in [0, 0.1) is 11.3 Å². The molecule has 0 aliphatic rings. The molecule has 7 nitrogen and oxygen atoms in total. The maximum Gasteiger partial charge on any atom is 0.337 e. The van der Waals surface area contributed by atoms with E-state index in [1.165, 1.54) is 9.13 Å². The lowest BCUT2D eigenvalue weighted by Crippen LogP contribution is -2.39. The van der Waals surface area contributed by atoms with Crippen LogP contribution in [-0.4, -0.2) is 18.7 Å². The number of hydrogen-bond acceptors (Lipinski definition) is 4. The van der Waals surface area contributed by atoms with Crippen LogP contribution >= 0.6 is 0 Å². The molecule has 31 heavy (non-hydrogen) atoms. The molecule has 0 bridgehead atoms. The fourth-order valence-corrected chi connectivity index (χ4v) is 3.77. The zero-order valence-corrected chi connectivity index (χ0v) is 17.7. The Morgan fingerprint density at radius 1 is 1.06 bits per heavy atom. The molecule has 4 rings (SSSR count). The van der Waals surface area contributed by atoms with Gasteiger partial charge in [0.1, 0.15) is 0 Å². The highest BCUT2D eigenvalue weighted by atomic mass is 16.2. The summed E-state index contributed by atoms with van der Waals surface area (Å²) >= 11 is 0. The summed E-state index contributed by atoms with van der Waals surface area (Å²) in [6.07, 6.45) is 1.55. The molecule has 0 aliphatic heterocycles. The van der Waals surface area contributed by atoms with Crippen molar-refractivity contribution in [2.75, 3.05) is 0 Å². The second-order valence-electron chi connectivity index (χ2n) is 7.73. The van der Waals surface area contributed by atoms with E-state index in [0.29, 0.717) is 34.9 Å². The summed E-state index contributed by atoms with van der Waals surface area (Å²) in [5.41, 5.74) is 2.99. The first-order valence-electron chi connectivity index (χ1n) is 10.2. The minimum absolute atomic E-state index is 0.248. The second kappa shape index (κ2) is 8.07. The van der Waals surface area contributed by atoms with Crippen molar-refractivity contribution in [3.8, 4) is 11.8 Å². The van der Waals surface area contributed by atoms with Crippen molar-refractivity contribution in [2.24, 2.45) is 0 Å². The highest BCUT2D eigenvalue weighted by Crippen LogP contribution is 2.19. The number of nitriles is 1. The first-order valence-corrected chi connectivity index (χ1v) is 10.2. The summed E-state index contributed by atoms with van der Waals surface area (Å²) in [5, 5.41) is 9.40. The van der Waals surface area contributed by atoms with Crippen LogP contribution in [0.4, 0.5) is 0 Å². The number of nitrogens with zero attached hydrogens (tertiary/aromatic N) is 5. The van der Waals surface area contributed by atoms with Crippen molar-refractivity contribution in [1.29, 1.82) is 5.26 Å². The second-order valence-corrected chi connectivity index (χ2v) is 7.73. The molecule has 4 aromatic rings. The number of aromatic nitrogens is 4. The summed E-state index contributed by atoms with van der Waals surface area (Å²) in [5.74, 6) is 0.370. The standard InChI is InChI=1S/C24H23N5O2/c1-4-28-23(30)21-22(26-15-27(21)14-19-8-6-5-7-18(19)13-25)29(24(28)31)20-11-9-17(10-12-20)16(2)3/h5-12,15-16H,4,14H2,1-3H3. The normalized spacial score (nSPS) is 11.2. The van der Waals surface area contributed by atoms with Crippen LogP contribution in [0.15, 0.2) is 64.4 Å². The lowest BCUT2D eigenvalue weighted by atomic mass is 10.0. The van der Waals surface area contributed by atoms with Crippen LogP contribution in [-0.2, 0) is 13.1 Å². The van der Waals surface area contributed by atoms with Crippen molar-refractivity contribution in [2.45, 2.75) is 39.8 Å². The molecule has 0 saturated carbocycles. The maximum atomic E-state index is 13.2. The van der Waals surface area contributed by atoms with Gasteiger partial charge >= 0.3 is 5.69 Å². The van der Waals surface area contributed by atoms with Gasteiger partial charge in [0.05, 0.1) is 30.2 Å². The summed E-state index contributed by atoms with van der Waals surface area (Å²) in [6, 6.07) is 17.2. The van der Waals surface area contributed by atoms with Gasteiger partial charge in [0.2, 0.25) is 0 Å². The van der Waals surface area contributed by atoms with Gasteiger partial charge in [-0.05, 0) is 42.2 Å². The van der Waals surface area contributed by atoms with Crippen LogP contribution in [0.5, 0.6) is 0 Å². The van der Waals surface area contributed by atoms with E-state index in [9.17, 15) is 14.9 Å². The predicted octanol–water partition coefficient (Wildman–Crippen LogP) is 3.41. The third kappa shape index (κ3) is 3.46. The first-order chi connectivity index (χ1) is 15.0. The first kappa shape index (κ1) is 20.4. The SMILES string of the molecule is CCn1c(=O)c2c(ncn2Cc2ccccc2C#N)n(-c2ccc(C(C)C)cc2)c1=O. The van der Waals surface area contributed by atoms with Gasteiger partial charge in [-0.25, -0.2) is 14.3 Å². The van der Waals surface area contributed by atoms with Crippen LogP contribution in [0.25, 0.3) is 16.9 Å². The van der Waals surface area contributed by atoms with Crippen molar-refractivity contribution in [3.05, 3.63) is 92.4 Å². The molecule has 0 fully saturated rings. The summed E-state index contributed by atoms with van der Waals surface area (Å²) in [7, 11) is 0. The Bertz CT molecular complexity index is 1420. The van der Waals surface area contributed by atoms with Gasteiger partial charge in [0.15, 0.2) is 11.2 Å². The van der Waals surface area contributed by atoms with E-state index in [4.69, 9.17) is 0 Å². The molecule has 7 heteroatoms. The van der Waals surface area contributed by atoms with Crippen LogP contribution in [0.1, 0.15) is 43.4 Å². The summed E-state index contributed by atoms with van der Waals surface area (Å²) in [4.78, 5) is 30.7. The predicted molar refractivity (Wildman–Crippen MR) is 120 cm³/mol. The van der Waals surface area contributed by atoms with Crippen molar-refractivity contribution in [3.63, 3.8) is 0 Å². The van der Waals surface area contributed by atoms with E-state index in [1.54, 1.807) is 30.0 Å². The Balaban J connectivity index is 1.95. The molecular weight excluding hydrogens is 390 g/mol. The Kier molecular flexibility index (Phi) is 5.30. The molecule has 2 heterocycles. The fourth-order valence-electron chi connectivity index (χ4n) is 3.77. The third-order valence-electron chi connectivity index (χ3n) is 5.51. The van der Waals surface area contributed by atoms with Gasteiger partial charge in [0, 0.05) is 6.54 Å². The van der Waals surface area contributed by atoms with Gasteiger partial charge in [-0.2, -0.15) is 5.26 Å². The highest BCUT2D eigenvalue weighted by Gasteiger charge is 2.19. The van der Waals surface area contributed by atoms with Crippen molar-refractivity contribution >= 4 is 11.2 Å². The van der Waals surface area contributed by atoms with Gasteiger partial charge in [-0.15, -0.1) is 0 Å². The van der Waals surface area contributed by atoms with E-state index in [0.717, 1.165) is 11.1 Å². The molecule has 0 saturated heterocycles. The lowest BCUT2D eigenvalue weighted by Gasteiger charge is -2.13. The smallest absolute Gasteiger partial charge is 0.320 e. The number of rotatable bonds is 5. The van der Waals surface area contributed by atoms with Crippen molar-refractivity contribution in [1.82, 2.24) is 18.7 Å². The van der Waals surface area contributed by atoms with Gasteiger partial charge < -0.3 is 4.57 Å². The van der Waals surface area contributed by atoms with Gasteiger partial charge in [-0.1, -0.05) is 44.2 Å². The number of benzene rings is 2. The molecule has 0 radical (unpaired) electrons. The zero-order chi connectivity index (χ0) is 22.1. The molecule has 0 aliphatic carbocycles. The summed E-state index contributed by atoms with van der Waals surface area (Å²) in [6.45, 7) is 6.54. The molecule has 0 atom stereocenters. The van der Waals surface area contributed by atoms with Crippen LogP contribution < -0.4 is 11.2 Å². The molecule has 0 N–H and O–H groups in total. The molecule has 0 amide bonds. The van der Waals surface area contributed by atoms with E-state index in [2.05, 4.69) is 24.9 Å². The van der Waals surface area contributed by atoms with Crippen LogP contribution in [0.3, 0.4) is 0 Å². The monoisotopic (exact) mass is 413 g/mol. The Morgan fingerprint density at radius 2 is 1.77 bits per heavy atom. The van der Waals surface area contributed by atoms with Crippen LogP contribution in [0.2, 0.25) is 0 Å². The minimum atomic E-state index is -0.417. The van der Waals surface area contributed by atoms with Gasteiger partial charge in [-0.3, -0.25) is 9.36 Å². The molecular formula is C24H23N5O2. The van der Waals surface area contributed by atoms with E-state index >= 15 is 0 Å². The topological polar surface area (TPSA) is 85.6 Å². The van der Waals surface area contributed by atoms with E-state index in [1.807, 2.05) is 36.4 Å². The number of fused-ring (bicyclic) bond motifs is 1. The average Bonchev–Trinajstić information content (AvgIpc) is 3.18. The maximum absolute atomic E-state index is 13.2. The highest BCUT2D eigenvalue weighted by molar-refractivity contribution is 5.72. The van der Waals surface area contributed by atoms with Crippen molar-refractivity contribution < 1.29 is 0 Å². The zero-order valence-electron chi connectivity index (χ0n) is 17.7. The molecule has 0 spiro atoms. The quantitative estimate of drug-likeness (QED) is 0.502. The fraction of sp³-hybridized carbons (Fsp3) is 0.250. The Hall–Kier alpha value is -3.92. The minimum Gasteiger partial charge on any atom is -0.320 e. The Labute approximate surface area is 179 Å². The van der Waals surface area contributed by atoms with Gasteiger partial charge in [0.25, 0.3) is 5.56 Å². The molecule has 2 aromatic heterocycles. The van der Waals surface area contributed by atoms with E-state index < -0.39 is 5.69 Å². The van der Waals surface area contributed by atoms with E-state index in [-0.39, 0.29) is 12.1 Å². The number of imidazole rings is 1. The number of hydrogen-bond donors (Lipinski definition) is 0. The largest absolute Gasteiger partial charge is 0.337 e. The molecule has 0 unspecified atom stereocenters.